The molecule has 2 atom stereocenters. The van der Waals surface area contributed by atoms with Crippen LogP contribution in [0.15, 0.2) is 17.1 Å². The Labute approximate surface area is 157 Å². The molecule has 0 spiro atoms. The molecule has 1 aromatic carbocycles. The van der Waals surface area contributed by atoms with Crippen molar-refractivity contribution < 1.29 is 18.7 Å². The number of carboxylic acid groups (broad SMARTS) is 1. The smallest absolute Gasteiger partial charge is 0.341 e. The van der Waals surface area contributed by atoms with Gasteiger partial charge >= 0.3 is 5.97 Å². The zero-order valence-electron chi connectivity index (χ0n) is 14.6. The van der Waals surface area contributed by atoms with Crippen LogP contribution in [0.4, 0.5) is 14.5 Å². The van der Waals surface area contributed by atoms with Crippen LogP contribution in [0.1, 0.15) is 29.2 Å². The summed E-state index contributed by atoms with van der Waals surface area (Å²) in [6.45, 7) is 0.717. The van der Waals surface area contributed by atoms with Crippen molar-refractivity contribution in [3.8, 4) is 0 Å². The number of aromatic nitrogens is 1. The molecule has 6 nitrogen and oxygen atoms in total. The zero-order valence-corrected chi connectivity index (χ0v) is 15.4. The standard InChI is InChI=1S/C18H19F2N3O3S/c1-27-13-7-22(6-12(13)21)16-11(19)4-9-15(14(16)20)23(8-2-3-8)5-10(17(9)24)18(25)26/h4-5,8,12-13H,2-3,6-7,21H2,1H3,(H,25,26)/t12-,13-/m0/s1. The van der Waals surface area contributed by atoms with Gasteiger partial charge in [-0.25, -0.2) is 13.6 Å². The molecule has 4 rings (SSSR count). The maximum atomic E-state index is 15.5. The molecule has 3 N–H and O–H groups in total. The van der Waals surface area contributed by atoms with Crippen LogP contribution in [-0.2, 0) is 0 Å². The number of halogens is 2. The van der Waals surface area contributed by atoms with Crippen molar-refractivity contribution in [2.45, 2.75) is 30.2 Å². The van der Waals surface area contributed by atoms with E-state index in [1.165, 1.54) is 10.8 Å². The van der Waals surface area contributed by atoms with E-state index in [0.717, 1.165) is 18.9 Å². The average Bonchev–Trinajstić information content (AvgIpc) is 3.38. The average molecular weight is 395 g/mol. The van der Waals surface area contributed by atoms with Crippen molar-refractivity contribution in [3.63, 3.8) is 0 Å². The van der Waals surface area contributed by atoms with Gasteiger partial charge in [-0.3, -0.25) is 4.79 Å². The maximum absolute atomic E-state index is 15.5. The van der Waals surface area contributed by atoms with E-state index >= 15 is 4.39 Å². The Kier molecular flexibility index (Phi) is 4.38. The van der Waals surface area contributed by atoms with E-state index in [0.29, 0.717) is 13.1 Å². The first-order valence-electron chi connectivity index (χ1n) is 8.67. The lowest BCUT2D eigenvalue weighted by atomic mass is 10.1. The highest BCUT2D eigenvalue weighted by atomic mass is 32.2. The van der Waals surface area contributed by atoms with Gasteiger partial charge in [0.25, 0.3) is 0 Å². The van der Waals surface area contributed by atoms with Crippen LogP contribution in [0.2, 0.25) is 0 Å². The Morgan fingerprint density at radius 1 is 1.33 bits per heavy atom. The van der Waals surface area contributed by atoms with Gasteiger partial charge in [0, 0.05) is 36.6 Å². The summed E-state index contributed by atoms with van der Waals surface area (Å²) in [5.41, 5.74) is 4.47. The van der Waals surface area contributed by atoms with Crippen LogP contribution >= 0.6 is 11.8 Å². The van der Waals surface area contributed by atoms with E-state index in [2.05, 4.69) is 0 Å². The molecule has 1 aliphatic carbocycles. The lowest BCUT2D eigenvalue weighted by molar-refractivity contribution is 0.0695. The molecular formula is C18H19F2N3O3S. The summed E-state index contributed by atoms with van der Waals surface area (Å²) in [6, 6.07) is 0.660. The number of aromatic carboxylic acids is 1. The van der Waals surface area contributed by atoms with Crippen molar-refractivity contribution in [2.75, 3.05) is 24.2 Å². The van der Waals surface area contributed by atoms with Gasteiger partial charge in [0.05, 0.1) is 10.9 Å². The molecule has 1 aliphatic heterocycles. The van der Waals surface area contributed by atoms with Crippen LogP contribution in [0.3, 0.4) is 0 Å². The number of anilines is 1. The summed E-state index contributed by atoms with van der Waals surface area (Å²) in [5.74, 6) is -3.12. The van der Waals surface area contributed by atoms with Gasteiger partial charge < -0.3 is 20.3 Å². The van der Waals surface area contributed by atoms with Crippen molar-refractivity contribution in [1.29, 1.82) is 0 Å². The molecule has 1 saturated carbocycles. The van der Waals surface area contributed by atoms with Crippen molar-refractivity contribution in [1.82, 2.24) is 4.57 Å². The first kappa shape index (κ1) is 18.2. The highest BCUT2D eigenvalue weighted by Crippen LogP contribution is 2.40. The second-order valence-electron chi connectivity index (χ2n) is 7.08. The Balaban J connectivity index is 1.96. The van der Waals surface area contributed by atoms with E-state index in [9.17, 15) is 19.1 Å². The third-order valence-electron chi connectivity index (χ3n) is 5.28. The van der Waals surface area contributed by atoms with Crippen LogP contribution in [0, 0.1) is 11.6 Å². The number of fused-ring (bicyclic) bond motifs is 1. The molecular weight excluding hydrogens is 376 g/mol. The quantitative estimate of drug-likeness (QED) is 0.825. The highest BCUT2D eigenvalue weighted by Gasteiger charge is 2.35. The second kappa shape index (κ2) is 6.49. The van der Waals surface area contributed by atoms with Gasteiger partial charge in [0.2, 0.25) is 5.43 Å². The van der Waals surface area contributed by atoms with Crippen LogP contribution < -0.4 is 16.1 Å². The molecule has 2 fully saturated rings. The summed E-state index contributed by atoms with van der Waals surface area (Å²) in [4.78, 5) is 25.4. The van der Waals surface area contributed by atoms with E-state index in [4.69, 9.17) is 5.73 Å². The van der Waals surface area contributed by atoms with Gasteiger partial charge in [-0.05, 0) is 25.2 Å². The monoisotopic (exact) mass is 395 g/mol. The fraction of sp³-hybridized carbons (Fsp3) is 0.444. The van der Waals surface area contributed by atoms with Gasteiger partial charge in [0.15, 0.2) is 5.82 Å². The number of rotatable bonds is 4. The Morgan fingerprint density at radius 3 is 2.59 bits per heavy atom. The Hall–Kier alpha value is -2.13. The van der Waals surface area contributed by atoms with Crippen molar-refractivity contribution >= 4 is 34.3 Å². The second-order valence-corrected chi connectivity index (χ2v) is 8.15. The minimum absolute atomic E-state index is 0.0370. The molecule has 27 heavy (non-hydrogen) atoms. The first-order valence-corrected chi connectivity index (χ1v) is 9.95. The number of nitrogens with two attached hydrogens (primary N) is 1. The topological polar surface area (TPSA) is 88.6 Å². The van der Waals surface area contributed by atoms with Crippen molar-refractivity contribution in [2.24, 2.45) is 5.73 Å². The SMILES string of the molecule is CS[C@H]1CN(c2c(F)cc3c(=O)c(C(=O)O)cn(C4CC4)c3c2F)C[C@@H]1N. The van der Waals surface area contributed by atoms with Gasteiger partial charge in [-0.2, -0.15) is 11.8 Å². The minimum atomic E-state index is -1.41. The van der Waals surface area contributed by atoms with E-state index < -0.39 is 28.6 Å². The van der Waals surface area contributed by atoms with Gasteiger partial charge in [-0.1, -0.05) is 0 Å². The molecule has 0 radical (unpaired) electrons. The fourth-order valence-corrected chi connectivity index (χ4v) is 4.51. The minimum Gasteiger partial charge on any atom is -0.477 e. The van der Waals surface area contributed by atoms with Gasteiger partial charge in [0.1, 0.15) is 17.1 Å². The molecule has 1 aromatic heterocycles. The molecule has 144 valence electrons. The van der Waals surface area contributed by atoms with Crippen LogP contribution in [0.25, 0.3) is 10.9 Å². The number of thioether (sulfide) groups is 1. The number of hydrogen-bond donors (Lipinski definition) is 2. The molecule has 2 heterocycles. The number of nitrogens with zero attached hydrogens (tertiary/aromatic N) is 2. The molecule has 9 heteroatoms. The number of carbonyl (C=O) groups is 1. The van der Waals surface area contributed by atoms with Crippen LogP contribution in [0.5, 0.6) is 0 Å². The number of pyridine rings is 1. The zero-order chi connectivity index (χ0) is 19.5. The van der Waals surface area contributed by atoms with E-state index in [1.807, 2.05) is 6.26 Å². The lowest BCUT2D eigenvalue weighted by Crippen LogP contribution is -2.31. The molecule has 0 bridgehead atoms. The number of hydrogen-bond acceptors (Lipinski definition) is 5. The molecule has 2 aromatic rings. The first-order chi connectivity index (χ1) is 12.8. The predicted octanol–water partition coefficient (Wildman–Crippen LogP) is 2.19. The Morgan fingerprint density at radius 2 is 2.04 bits per heavy atom. The largest absolute Gasteiger partial charge is 0.477 e. The summed E-state index contributed by atoms with van der Waals surface area (Å²) in [7, 11) is 0. The number of carboxylic acids is 1. The lowest BCUT2D eigenvalue weighted by Gasteiger charge is -2.22. The maximum Gasteiger partial charge on any atom is 0.341 e. The number of benzene rings is 1. The highest BCUT2D eigenvalue weighted by molar-refractivity contribution is 7.99. The van der Waals surface area contributed by atoms with Crippen molar-refractivity contribution in [3.05, 3.63) is 39.7 Å². The molecule has 0 unspecified atom stereocenters. The van der Waals surface area contributed by atoms with Crippen LogP contribution in [-0.4, -0.2) is 46.3 Å². The molecule has 2 aliphatic rings. The molecule has 0 amide bonds. The summed E-state index contributed by atoms with van der Waals surface area (Å²) in [6.07, 6.45) is 4.59. The summed E-state index contributed by atoms with van der Waals surface area (Å²) >= 11 is 1.55. The van der Waals surface area contributed by atoms with E-state index in [-0.39, 0.29) is 33.9 Å². The Bertz CT molecular complexity index is 1010. The normalized spacial score (nSPS) is 22.6. The third kappa shape index (κ3) is 2.89. The summed E-state index contributed by atoms with van der Waals surface area (Å²) in [5, 5.41) is 9.09. The molecule has 1 saturated heterocycles. The summed E-state index contributed by atoms with van der Waals surface area (Å²) < 4.78 is 31.8. The third-order valence-corrected chi connectivity index (χ3v) is 6.39. The fourth-order valence-electron chi connectivity index (χ4n) is 3.75. The van der Waals surface area contributed by atoms with E-state index in [1.54, 1.807) is 16.7 Å². The predicted molar refractivity (Wildman–Crippen MR) is 101 cm³/mol. The van der Waals surface area contributed by atoms with Gasteiger partial charge in [-0.15, -0.1) is 0 Å².